The molecule has 2 nitrogen and oxygen atoms in total. The van der Waals surface area contributed by atoms with Gasteiger partial charge >= 0.3 is 6.18 Å². The minimum atomic E-state index is -4.87. The maximum absolute atomic E-state index is 13.5. The van der Waals surface area contributed by atoms with Crippen LogP contribution >= 0.6 is 0 Å². The van der Waals surface area contributed by atoms with Crippen LogP contribution in [-0.4, -0.2) is 4.98 Å². The molecule has 1 aromatic heterocycles. The molecule has 2 aromatic rings. The molecule has 0 amide bonds. The van der Waals surface area contributed by atoms with E-state index in [0.717, 1.165) is 6.92 Å². The summed E-state index contributed by atoms with van der Waals surface area (Å²) in [5.41, 5.74) is 1.70. The summed E-state index contributed by atoms with van der Waals surface area (Å²) >= 11 is 0. The van der Waals surface area contributed by atoms with E-state index in [2.05, 4.69) is 4.98 Å². The van der Waals surface area contributed by atoms with Crippen molar-refractivity contribution in [3.05, 3.63) is 34.8 Å². The van der Waals surface area contributed by atoms with Gasteiger partial charge in [-0.2, -0.15) is 13.2 Å². The SMILES string of the molecule is Cc1c(C(F)(F)F)nc2c(F)cc(F)c(F)c2c1N. The van der Waals surface area contributed by atoms with Crippen molar-refractivity contribution < 1.29 is 26.3 Å². The molecule has 0 aliphatic heterocycles. The van der Waals surface area contributed by atoms with E-state index in [1.54, 1.807) is 0 Å². The van der Waals surface area contributed by atoms with Crippen molar-refractivity contribution in [2.75, 3.05) is 5.73 Å². The Morgan fingerprint density at radius 2 is 1.68 bits per heavy atom. The Morgan fingerprint density at radius 3 is 2.21 bits per heavy atom. The molecule has 19 heavy (non-hydrogen) atoms. The molecule has 0 unspecified atom stereocenters. The molecule has 2 N–H and O–H groups in total. The molecule has 0 saturated carbocycles. The lowest BCUT2D eigenvalue weighted by molar-refractivity contribution is -0.141. The number of hydrogen-bond donors (Lipinski definition) is 1. The fourth-order valence-corrected chi connectivity index (χ4v) is 1.73. The zero-order chi connectivity index (χ0) is 14.5. The Kier molecular flexibility index (Phi) is 2.83. The topological polar surface area (TPSA) is 38.9 Å². The number of rotatable bonds is 0. The van der Waals surface area contributed by atoms with E-state index in [9.17, 15) is 26.3 Å². The van der Waals surface area contributed by atoms with Gasteiger partial charge in [-0.15, -0.1) is 0 Å². The van der Waals surface area contributed by atoms with Gasteiger partial charge in [0, 0.05) is 17.3 Å². The van der Waals surface area contributed by atoms with Crippen LogP contribution in [0.15, 0.2) is 6.07 Å². The van der Waals surface area contributed by atoms with Crippen LogP contribution in [0.2, 0.25) is 0 Å². The summed E-state index contributed by atoms with van der Waals surface area (Å²) in [6.07, 6.45) is -4.87. The van der Waals surface area contributed by atoms with Crippen LogP contribution in [-0.2, 0) is 6.18 Å². The average Bonchev–Trinajstić information content (AvgIpc) is 2.28. The monoisotopic (exact) mass is 280 g/mol. The second-order valence-corrected chi connectivity index (χ2v) is 3.87. The maximum Gasteiger partial charge on any atom is 0.433 e. The predicted molar refractivity (Wildman–Crippen MR) is 55.8 cm³/mol. The van der Waals surface area contributed by atoms with Gasteiger partial charge in [-0.1, -0.05) is 0 Å². The van der Waals surface area contributed by atoms with E-state index in [1.807, 2.05) is 0 Å². The number of nitrogens with zero attached hydrogens (tertiary/aromatic N) is 1. The van der Waals surface area contributed by atoms with E-state index in [1.165, 1.54) is 0 Å². The lowest BCUT2D eigenvalue weighted by Crippen LogP contribution is -2.14. The maximum atomic E-state index is 13.5. The zero-order valence-electron chi connectivity index (χ0n) is 9.37. The average molecular weight is 280 g/mol. The molecule has 2 rings (SSSR count). The van der Waals surface area contributed by atoms with Gasteiger partial charge in [0.05, 0.1) is 5.39 Å². The van der Waals surface area contributed by atoms with Crippen molar-refractivity contribution in [3.63, 3.8) is 0 Å². The Hall–Kier alpha value is -1.99. The van der Waals surface area contributed by atoms with Gasteiger partial charge in [-0.05, 0) is 6.92 Å². The molecule has 0 spiro atoms. The first kappa shape index (κ1) is 13.4. The van der Waals surface area contributed by atoms with Crippen LogP contribution in [0, 0.1) is 24.4 Å². The zero-order valence-corrected chi connectivity index (χ0v) is 9.37. The number of halogens is 6. The van der Waals surface area contributed by atoms with E-state index in [4.69, 9.17) is 5.73 Å². The molecule has 102 valence electrons. The van der Waals surface area contributed by atoms with Gasteiger partial charge < -0.3 is 5.73 Å². The lowest BCUT2D eigenvalue weighted by Gasteiger charge is -2.14. The number of alkyl halides is 3. The quantitative estimate of drug-likeness (QED) is 0.592. The number of nitrogen functional groups attached to an aromatic ring is 1. The molecule has 0 atom stereocenters. The predicted octanol–water partition coefficient (Wildman–Crippen LogP) is 3.56. The van der Waals surface area contributed by atoms with Crippen molar-refractivity contribution in [1.29, 1.82) is 0 Å². The third-order valence-electron chi connectivity index (χ3n) is 2.67. The Morgan fingerprint density at radius 1 is 1.11 bits per heavy atom. The van der Waals surface area contributed by atoms with Crippen LogP contribution in [0.25, 0.3) is 10.9 Å². The molecular formula is C11H6F6N2. The molecule has 0 aliphatic rings. The van der Waals surface area contributed by atoms with E-state index < -0.39 is 51.5 Å². The molecule has 0 aliphatic carbocycles. The number of fused-ring (bicyclic) bond motifs is 1. The summed E-state index contributed by atoms with van der Waals surface area (Å²) < 4.78 is 77.9. The number of pyridine rings is 1. The Balaban J connectivity index is 3.01. The highest BCUT2D eigenvalue weighted by atomic mass is 19.4. The van der Waals surface area contributed by atoms with E-state index in [-0.39, 0.29) is 6.07 Å². The second-order valence-electron chi connectivity index (χ2n) is 3.87. The smallest absolute Gasteiger partial charge is 0.398 e. The van der Waals surface area contributed by atoms with Gasteiger partial charge in [-0.25, -0.2) is 18.2 Å². The summed E-state index contributed by atoms with van der Waals surface area (Å²) in [5, 5.41) is -0.789. The van der Waals surface area contributed by atoms with Gasteiger partial charge in [0.25, 0.3) is 0 Å². The highest BCUT2D eigenvalue weighted by molar-refractivity contribution is 5.93. The Labute approximate surface area is 102 Å². The van der Waals surface area contributed by atoms with Crippen molar-refractivity contribution in [2.45, 2.75) is 13.1 Å². The van der Waals surface area contributed by atoms with Gasteiger partial charge in [0.1, 0.15) is 11.2 Å². The number of hydrogen-bond acceptors (Lipinski definition) is 2. The first-order valence-corrected chi connectivity index (χ1v) is 4.95. The molecule has 1 aromatic carbocycles. The van der Waals surface area contributed by atoms with Crippen LogP contribution in [0.3, 0.4) is 0 Å². The van der Waals surface area contributed by atoms with Crippen molar-refractivity contribution in [1.82, 2.24) is 4.98 Å². The molecule has 0 radical (unpaired) electrons. The molecule has 0 bridgehead atoms. The van der Waals surface area contributed by atoms with Crippen molar-refractivity contribution in [3.8, 4) is 0 Å². The largest absolute Gasteiger partial charge is 0.433 e. The summed E-state index contributed by atoms with van der Waals surface area (Å²) in [6.45, 7) is 0.951. The van der Waals surface area contributed by atoms with Gasteiger partial charge in [0.15, 0.2) is 17.5 Å². The van der Waals surface area contributed by atoms with Crippen LogP contribution in [0.1, 0.15) is 11.3 Å². The van der Waals surface area contributed by atoms with Crippen LogP contribution in [0.5, 0.6) is 0 Å². The highest BCUT2D eigenvalue weighted by Crippen LogP contribution is 2.37. The van der Waals surface area contributed by atoms with Crippen molar-refractivity contribution in [2.24, 2.45) is 0 Å². The number of aromatic nitrogens is 1. The summed E-state index contributed by atoms with van der Waals surface area (Å²) in [4.78, 5) is 3.02. The van der Waals surface area contributed by atoms with Crippen molar-refractivity contribution >= 4 is 16.6 Å². The third-order valence-corrected chi connectivity index (χ3v) is 2.67. The molecule has 0 saturated heterocycles. The molecule has 0 fully saturated rings. The van der Waals surface area contributed by atoms with Crippen LogP contribution < -0.4 is 5.73 Å². The second kappa shape index (κ2) is 4.01. The van der Waals surface area contributed by atoms with Gasteiger partial charge in [0.2, 0.25) is 0 Å². The summed E-state index contributed by atoms with van der Waals surface area (Å²) in [6, 6.07) is 0.125. The third kappa shape index (κ3) is 1.96. The lowest BCUT2D eigenvalue weighted by atomic mass is 10.1. The summed E-state index contributed by atoms with van der Waals surface area (Å²) in [7, 11) is 0. The van der Waals surface area contributed by atoms with E-state index in [0.29, 0.717) is 0 Å². The molecule has 8 heteroatoms. The first-order valence-electron chi connectivity index (χ1n) is 4.95. The Bertz CT molecular complexity index is 677. The number of anilines is 1. The molecular weight excluding hydrogens is 274 g/mol. The fraction of sp³-hybridized carbons (Fsp3) is 0.182. The highest BCUT2D eigenvalue weighted by Gasteiger charge is 2.36. The number of benzene rings is 1. The fourth-order valence-electron chi connectivity index (χ4n) is 1.73. The number of nitrogens with two attached hydrogens (primary N) is 1. The minimum absolute atomic E-state index is 0.125. The van der Waals surface area contributed by atoms with Crippen LogP contribution in [0.4, 0.5) is 32.0 Å². The standard InChI is InChI=1S/C11H6F6N2/c1-3-8(18)6-7(14)4(12)2-5(13)9(6)19-10(3)11(15,16)17/h2H,1H3,(H2,18,19). The van der Waals surface area contributed by atoms with E-state index >= 15 is 0 Å². The summed E-state index contributed by atoms with van der Waals surface area (Å²) in [5.74, 6) is -4.48. The van der Waals surface area contributed by atoms with Gasteiger partial charge in [-0.3, -0.25) is 0 Å². The minimum Gasteiger partial charge on any atom is -0.398 e. The normalized spacial score (nSPS) is 12.2. The first-order chi connectivity index (χ1) is 8.64. The molecule has 1 heterocycles.